The minimum atomic E-state index is -0.413. The second-order valence-electron chi connectivity index (χ2n) is 3.98. The van der Waals surface area contributed by atoms with E-state index in [1.807, 2.05) is 0 Å². The summed E-state index contributed by atoms with van der Waals surface area (Å²) in [5.74, 6) is 0.135. The maximum atomic E-state index is 11.8. The predicted octanol–water partition coefficient (Wildman–Crippen LogP) is 2.00. The van der Waals surface area contributed by atoms with Gasteiger partial charge in [0.1, 0.15) is 5.75 Å². The minimum Gasteiger partial charge on any atom is -0.496 e. The zero-order valence-corrected chi connectivity index (χ0v) is 9.91. The van der Waals surface area contributed by atoms with Crippen LogP contribution in [0.1, 0.15) is 39.1 Å². The maximum absolute atomic E-state index is 11.8. The molecule has 1 aliphatic carbocycles. The maximum Gasteiger partial charge on any atom is 0.337 e. The van der Waals surface area contributed by atoms with E-state index in [2.05, 4.69) is 4.74 Å². The lowest BCUT2D eigenvalue weighted by Gasteiger charge is -2.18. The third-order valence-corrected chi connectivity index (χ3v) is 2.95. The lowest BCUT2D eigenvalue weighted by molar-refractivity contribution is 0.0599. The van der Waals surface area contributed by atoms with Crippen LogP contribution in [0, 0.1) is 0 Å². The number of ketones is 1. The summed E-state index contributed by atoms with van der Waals surface area (Å²) in [6, 6.07) is 3.29. The van der Waals surface area contributed by atoms with Crippen LogP contribution in [0.15, 0.2) is 12.1 Å². The van der Waals surface area contributed by atoms with E-state index in [9.17, 15) is 9.59 Å². The molecule has 0 radical (unpaired) electrons. The van der Waals surface area contributed by atoms with Crippen molar-refractivity contribution in [3.8, 4) is 5.75 Å². The molecule has 0 saturated heterocycles. The Hall–Kier alpha value is -1.84. The van der Waals surface area contributed by atoms with E-state index < -0.39 is 5.97 Å². The average molecular weight is 234 g/mol. The number of esters is 1. The molecule has 1 aliphatic rings. The summed E-state index contributed by atoms with van der Waals surface area (Å²) >= 11 is 0. The van der Waals surface area contributed by atoms with Crippen molar-refractivity contribution in [1.82, 2.24) is 0 Å². The molecule has 0 amide bonds. The lowest BCUT2D eigenvalue weighted by Crippen LogP contribution is -2.14. The number of Topliss-reactive ketones (excluding diaryl/α,β-unsaturated/α-hetero) is 1. The number of methoxy groups -OCH3 is 2. The van der Waals surface area contributed by atoms with Crippen molar-refractivity contribution in [2.24, 2.45) is 0 Å². The molecule has 90 valence electrons. The van der Waals surface area contributed by atoms with Crippen LogP contribution in [0.25, 0.3) is 0 Å². The number of aryl methyl sites for hydroxylation is 1. The summed E-state index contributed by atoms with van der Waals surface area (Å²) in [6.07, 6.45) is 2.16. The second-order valence-corrected chi connectivity index (χ2v) is 3.98. The fraction of sp³-hybridized carbons (Fsp3) is 0.385. The Kier molecular flexibility index (Phi) is 3.13. The summed E-state index contributed by atoms with van der Waals surface area (Å²) in [4.78, 5) is 23.3. The monoisotopic (exact) mass is 234 g/mol. The molecule has 2 rings (SSSR count). The Morgan fingerprint density at radius 3 is 2.65 bits per heavy atom. The highest BCUT2D eigenvalue weighted by atomic mass is 16.5. The van der Waals surface area contributed by atoms with E-state index in [0.29, 0.717) is 23.3 Å². The number of carbonyl (C=O) groups is 2. The van der Waals surface area contributed by atoms with Crippen molar-refractivity contribution in [1.29, 1.82) is 0 Å². The second kappa shape index (κ2) is 4.57. The fourth-order valence-electron chi connectivity index (χ4n) is 2.15. The van der Waals surface area contributed by atoms with Gasteiger partial charge in [-0.2, -0.15) is 0 Å². The van der Waals surface area contributed by atoms with Crippen LogP contribution in [0.3, 0.4) is 0 Å². The number of hydrogen-bond donors (Lipinski definition) is 0. The van der Waals surface area contributed by atoms with Crippen LogP contribution in [0.2, 0.25) is 0 Å². The summed E-state index contributed by atoms with van der Waals surface area (Å²) in [7, 11) is 2.83. The smallest absolute Gasteiger partial charge is 0.337 e. The molecule has 1 aromatic rings. The highest BCUT2D eigenvalue weighted by Crippen LogP contribution is 2.31. The van der Waals surface area contributed by atoms with Gasteiger partial charge >= 0.3 is 5.97 Å². The first-order valence-electron chi connectivity index (χ1n) is 5.49. The topological polar surface area (TPSA) is 52.6 Å². The number of carbonyl (C=O) groups excluding carboxylic acids is 2. The van der Waals surface area contributed by atoms with Gasteiger partial charge in [0.25, 0.3) is 0 Å². The van der Waals surface area contributed by atoms with E-state index >= 15 is 0 Å². The average Bonchev–Trinajstić information content (AvgIpc) is 2.36. The molecule has 0 fully saturated rings. The van der Waals surface area contributed by atoms with Crippen LogP contribution in [0.4, 0.5) is 0 Å². The number of benzene rings is 1. The molecule has 0 heterocycles. The molecule has 17 heavy (non-hydrogen) atoms. The molecule has 4 heteroatoms. The van der Waals surface area contributed by atoms with Crippen LogP contribution in [0.5, 0.6) is 5.75 Å². The zero-order valence-electron chi connectivity index (χ0n) is 9.91. The van der Waals surface area contributed by atoms with Gasteiger partial charge in [0.15, 0.2) is 5.78 Å². The Morgan fingerprint density at radius 1 is 1.24 bits per heavy atom. The molecule has 0 unspecified atom stereocenters. The normalized spacial score (nSPS) is 14.1. The van der Waals surface area contributed by atoms with Crippen LogP contribution in [-0.2, 0) is 11.2 Å². The number of fused-ring (bicyclic) bond motifs is 1. The summed E-state index contributed by atoms with van der Waals surface area (Å²) in [5, 5.41) is 0. The van der Waals surface area contributed by atoms with Gasteiger partial charge in [0.05, 0.1) is 25.3 Å². The van der Waals surface area contributed by atoms with Gasteiger partial charge in [0.2, 0.25) is 0 Å². The predicted molar refractivity (Wildman–Crippen MR) is 61.6 cm³/mol. The van der Waals surface area contributed by atoms with Crippen molar-refractivity contribution in [2.45, 2.75) is 19.3 Å². The first kappa shape index (κ1) is 11.6. The largest absolute Gasteiger partial charge is 0.496 e. The summed E-state index contributed by atoms with van der Waals surface area (Å²) in [6.45, 7) is 0. The van der Waals surface area contributed by atoms with Gasteiger partial charge in [-0.15, -0.1) is 0 Å². The van der Waals surface area contributed by atoms with Crippen molar-refractivity contribution < 1.29 is 19.1 Å². The molecule has 0 aliphatic heterocycles. The van der Waals surface area contributed by atoms with Crippen molar-refractivity contribution in [3.05, 3.63) is 28.8 Å². The van der Waals surface area contributed by atoms with Crippen LogP contribution >= 0.6 is 0 Å². The molecule has 4 nitrogen and oxygen atoms in total. The Morgan fingerprint density at radius 2 is 2.00 bits per heavy atom. The highest BCUT2D eigenvalue weighted by Gasteiger charge is 2.23. The SMILES string of the molecule is COC(=O)c1cc2c(c(OC)c1)C(=O)CCC2. The molecule has 0 aromatic heterocycles. The van der Waals surface area contributed by atoms with Crippen LogP contribution < -0.4 is 4.74 Å². The molecule has 0 N–H and O–H groups in total. The molecule has 0 atom stereocenters. The van der Waals surface area contributed by atoms with Gasteiger partial charge in [-0.05, 0) is 30.5 Å². The van der Waals surface area contributed by atoms with Gasteiger partial charge in [-0.3, -0.25) is 4.79 Å². The van der Waals surface area contributed by atoms with Gasteiger partial charge in [-0.25, -0.2) is 4.79 Å². The van der Waals surface area contributed by atoms with E-state index in [1.165, 1.54) is 14.2 Å². The molecule has 0 bridgehead atoms. The van der Waals surface area contributed by atoms with E-state index in [1.54, 1.807) is 12.1 Å². The fourth-order valence-corrected chi connectivity index (χ4v) is 2.15. The quantitative estimate of drug-likeness (QED) is 0.734. The van der Waals surface area contributed by atoms with Crippen molar-refractivity contribution >= 4 is 11.8 Å². The van der Waals surface area contributed by atoms with Gasteiger partial charge in [0, 0.05) is 6.42 Å². The Bertz CT molecular complexity index is 459. The first-order valence-corrected chi connectivity index (χ1v) is 5.49. The van der Waals surface area contributed by atoms with Crippen molar-refractivity contribution in [2.75, 3.05) is 14.2 Å². The molecular formula is C13H14O4. The van der Waals surface area contributed by atoms with E-state index in [-0.39, 0.29) is 5.78 Å². The molecule has 0 spiro atoms. The van der Waals surface area contributed by atoms with E-state index in [4.69, 9.17) is 4.74 Å². The van der Waals surface area contributed by atoms with E-state index in [0.717, 1.165) is 18.4 Å². The number of rotatable bonds is 2. The number of hydrogen-bond acceptors (Lipinski definition) is 4. The summed E-state index contributed by atoms with van der Waals surface area (Å²) in [5.41, 5.74) is 1.92. The lowest BCUT2D eigenvalue weighted by atomic mass is 9.88. The Labute approximate surface area is 99.5 Å². The molecule has 1 aromatic carbocycles. The molecule has 0 saturated carbocycles. The number of ether oxygens (including phenoxy) is 2. The van der Waals surface area contributed by atoms with Gasteiger partial charge in [-0.1, -0.05) is 0 Å². The highest BCUT2D eigenvalue weighted by molar-refractivity contribution is 6.02. The third-order valence-electron chi connectivity index (χ3n) is 2.95. The third kappa shape index (κ3) is 2.02. The first-order chi connectivity index (χ1) is 8.17. The van der Waals surface area contributed by atoms with Crippen molar-refractivity contribution in [3.63, 3.8) is 0 Å². The Balaban J connectivity index is 2.56. The van der Waals surface area contributed by atoms with Gasteiger partial charge < -0.3 is 9.47 Å². The van der Waals surface area contributed by atoms with Crippen LogP contribution in [-0.4, -0.2) is 26.0 Å². The summed E-state index contributed by atoms with van der Waals surface area (Å²) < 4.78 is 9.86. The minimum absolute atomic E-state index is 0.0829. The standard InChI is InChI=1S/C13H14O4/c1-16-11-7-9(13(15)17-2)6-8-4-3-5-10(14)12(8)11/h6-7H,3-5H2,1-2H3. The zero-order chi connectivity index (χ0) is 12.4. The molecular weight excluding hydrogens is 220 g/mol.